The van der Waals surface area contributed by atoms with Crippen molar-refractivity contribution in [3.63, 3.8) is 0 Å². The first-order chi connectivity index (χ1) is 12.1. The van der Waals surface area contributed by atoms with E-state index in [2.05, 4.69) is 0 Å². The van der Waals surface area contributed by atoms with E-state index in [0.29, 0.717) is 12.8 Å². The zero-order valence-electron chi connectivity index (χ0n) is 16.6. The molecular formula is C20H43NO4. The Kier molecular flexibility index (Phi) is 18.4. The molecule has 0 radical (unpaired) electrons. The van der Waals surface area contributed by atoms with Crippen molar-refractivity contribution < 1.29 is 19.7 Å². The van der Waals surface area contributed by atoms with E-state index in [1.165, 1.54) is 44.9 Å². The monoisotopic (exact) mass is 361 g/mol. The van der Waals surface area contributed by atoms with Gasteiger partial charge >= 0.3 is 0 Å². The lowest BCUT2D eigenvalue weighted by molar-refractivity contribution is -0.195. The molecule has 2 atom stereocenters. The molecule has 2 unspecified atom stereocenters. The highest BCUT2D eigenvalue weighted by Crippen LogP contribution is 2.16. The van der Waals surface area contributed by atoms with E-state index in [9.17, 15) is 0 Å². The summed E-state index contributed by atoms with van der Waals surface area (Å²) in [6.45, 7) is 5.01. The van der Waals surface area contributed by atoms with Crippen molar-refractivity contribution in [1.29, 1.82) is 0 Å². The highest BCUT2D eigenvalue weighted by atomic mass is 16.7. The molecule has 0 aliphatic heterocycles. The van der Waals surface area contributed by atoms with E-state index in [-0.39, 0.29) is 31.7 Å². The van der Waals surface area contributed by atoms with E-state index in [1.807, 2.05) is 13.8 Å². The van der Waals surface area contributed by atoms with Gasteiger partial charge in [-0.3, -0.25) is 0 Å². The minimum atomic E-state index is -0.237. The molecule has 152 valence electrons. The topological polar surface area (TPSA) is 84.9 Å². The lowest BCUT2D eigenvalue weighted by Crippen LogP contribution is -2.28. The zero-order valence-corrected chi connectivity index (χ0v) is 16.6. The van der Waals surface area contributed by atoms with E-state index >= 15 is 0 Å². The summed E-state index contributed by atoms with van der Waals surface area (Å²) in [5.41, 5.74) is 5.50. The largest absolute Gasteiger partial charge is 0.396 e. The summed E-state index contributed by atoms with van der Waals surface area (Å²) in [4.78, 5) is 0. The number of hydrogen-bond donors (Lipinski definition) is 3. The number of aliphatic hydroxyl groups excluding tert-OH is 2. The predicted octanol–water partition coefficient (Wildman–Crippen LogP) is 3.75. The highest BCUT2D eigenvalue weighted by molar-refractivity contribution is 4.58. The van der Waals surface area contributed by atoms with Gasteiger partial charge in [-0.05, 0) is 52.5 Å². The summed E-state index contributed by atoms with van der Waals surface area (Å²) in [7, 11) is 0. The van der Waals surface area contributed by atoms with Crippen LogP contribution in [-0.2, 0) is 9.47 Å². The lowest BCUT2D eigenvalue weighted by atomic mass is 10.1. The second-order valence-electron chi connectivity index (χ2n) is 7.11. The number of aliphatic hydroxyl groups is 2. The van der Waals surface area contributed by atoms with Crippen LogP contribution in [0.3, 0.4) is 0 Å². The lowest BCUT2D eigenvalue weighted by Gasteiger charge is -2.25. The van der Waals surface area contributed by atoms with Gasteiger partial charge in [0.25, 0.3) is 0 Å². The molecule has 0 fully saturated rings. The van der Waals surface area contributed by atoms with Crippen LogP contribution < -0.4 is 5.73 Å². The predicted molar refractivity (Wildman–Crippen MR) is 104 cm³/mol. The Morgan fingerprint density at radius 3 is 1.44 bits per heavy atom. The molecule has 5 nitrogen and oxygen atoms in total. The molecule has 0 heterocycles. The molecule has 0 bridgehead atoms. The summed E-state index contributed by atoms with van der Waals surface area (Å²) >= 11 is 0. The third-order valence-corrected chi connectivity index (χ3v) is 4.48. The maximum Gasteiger partial charge on any atom is 0.158 e. The van der Waals surface area contributed by atoms with Gasteiger partial charge in [-0.25, -0.2) is 0 Å². The molecule has 0 saturated carbocycles. The molecule has 4 N–H and O–H groups in total. The Hall–Kier alpha value is -0.200. The van der Waals surface area contributed by atoms with Gasteiger partial charge in [0.2, 0.25) is 0 Å². The molecule has 0 rings (SSSR count). The normalized spacial score (nSPS) is 15.2. The fraction of sp³-hybridized carbons (Fsp3) is 1.00. The van der Waals surface area contributed by atoms with Crippen molar-refractivity contribution in [3.8, 4) is 0 Å². The number of unbranched alkanes of at least 4 members (excludes halogenated alkanes) is 8. The minimum absolute atomic E-state index is 0.00940. The van der Waals surface area contributed by atoms with Crippen molar-refractivity contribution in [2.24, 2.45) is 5.73 Å². The molecule has 0 spiro atoms. The Morgan fingerprint density at radius 2 is 1.04 bits per heavy atom. The maximum absolute atomic E-state index is 9.02. The molecule has 5 heteroatoms. The van der Waals surface area contributed by atoms with Crippen LogP contribution in [0.4, 0.5) is 0 Å². The van der Waals surface area contributed by atoms with Crippen LogP contribution in [0.5, 0.6) is 0 Å². The van der Waals surface area contributed by atoms with Crippen molar-refractivity contribution in [2.45, 2.75) is 109 Å². The fourth-order valence-corrected chi connectivity index (χ4v) is 2.88. The summed E-state index contributed by atoms with van der Waals surface area (Å²) < 4.78 is 11.8. The van der Waals surface area contributed by atoms with Gasteiger partial charge in [-0.2, -0.15) is 0 Å². The average molecular weight is 362 g/mol. The van der Waals surface area contributed by atoms with E-state index < -0.39 is 0 Å². The third kappa shape index (κ3) is 17.0. The summed E-state index contributed by atoms with van der Waals surface area (Å²) in [6.07, 6.45) is 13.1. The Bertz CT molecular complexity index is 252. The SMILES string of the molecule is CC(CCO)OC(CCCCCCCCCCCN)OC(C)CCO. The Balaban J connectivity index is 3.81. The van der Waals surface area contributed by atoms with Crippen molar-refractivity contribution in [1.82, 2.24) is 0 Å². The Morgan fingerprint density at radius 1 is 0.640 bits per heavy atom. The molecule has 0 aliphatic carbocycles. The summed E-state index contributed by atoms with van der Waals surface area (Å²) in [5.74, 6) is 0. The van der Waals surface area contributed by atoms with Crippen molar-refractivity contribution in [2.75, 3.05) is 19.8 Å². The first kappa shape index (κ1) is 24.8. The molecule has 25 heavy (non-hydrogen) atoms. The minimum Gasteiger partial charge on any atom is -0.396 e. The summed E-state index contributed by atoms with van der Waals surface area (Å²) in [6, 6.07) is 0. The van der Waals surface area contributed by atoms with Crippen LogP contribution >= 0.6 is 0 Å². The summed E-state index contributed by atoms with van der Waals surface area (Å²) in [5, 5.41) is 18.0. The number of nitrogens with two attached hydrogens (primary N) is 1. The van der Waals surface area contributed by atoms with Crippen LogP contribution in [0.15, 0.2) is 0 Å². The van der Waals surface area contributed by atoms with Gasteiger partial charge in [0.15, 0.2) is 6.29 Å². The smallest absolute Gasteiger partial charge is 0.158 e. The molecule has 0 aromatic heterocycles. The van der Waals surface area contributed by atoms with Gasteiger partial charge in [0, 0.05) is 13.2 Å². The van der Waals surface area contributed by atoms with Crippen molar-refractivity contribution >= 4 is 0 Å². The highest BCUT2D eigenvalue weighted by Gasteiger charge is 2.16. The molecule has 0 saturated heterocycles. The van der Waals surface area contributed by atoms with E-state index in [0.717, 1.165) is 25.8 Å². The average Bonchev–Trinajstić information content (AvgIpc) is 2.56. The van der Waals surface area contributed by atoms with E-state index in [1.54, 1.807) is 0 Å². The first-order valence-electron chi connectivity index (χ1n) is 10.4. The second kappa shape index (κ2) is 18.6. The van der Waals surface area contributed by atoms with Gasteiger partial charge in [-0.1, -0.05) is 44.9 Å². The first-order valence-corrected chi connectivity index (χ1v) is 10.4. The maximum atomic E-state index is 9.02. The zero-order chi connectivity index (χ0) is 18.8. The number of hydrogen-bond acceptors (Lipinski definition) is 5. The van der Waals surface area contributed by atoms with Crippen LogP contribution in [-0.4, -0.2) is 48.5 Å². The number of rotatable bonds is 19. The molecule has 0 amide bonds. The number of ether oxygens (including phenoxy) is 2. The molecule has 0 aromatic rings. The third-order valence-electron chi connectivity index (χ3n) is 4.48. The van der Waals surface area contributed by atoms with Crippen LogP contribution in [0.1, 0.15) is 90.9 Å². The molecule has 0 aromatic carbocycles. The molecule has 0 aliphatic rings. The van der Waals surface area contributed by atoms with Crippen LogP contribution in [0.25, 0.3) is 0 Å². The molecular weight excluding hydrogens is 318 g/mol. The van der Waals surface area contributed by atoms with Gasteiger partial charge in [0.1, 0.15) is 0 Å². The van der Waals surface area contributed by atoms with Gasteiger partial charge < -0.3 is 25.4 Å². The Labute approximate surface area is 155 Å². The quantitative estimate of drug-likeness (QED) is 0.241. The van der Waals surface area contributed by atoms with Gasteiger partial charge in [-0.15, -0.1) is 0 Å². The van der Waals surface area contributed by atoms with E-state index in [4.69, 9.17) is 25.4 Å². The second-order valence-corrected chi connectivity index (χ2v) is 7.11. The fourth-order valence-electron chi connectivity index (χ4n) is 2.88. The van der Waals surface area contributed by atoms with Crippen LogP contribution in [0, 0.1) is 0 Å². The standard InChI is InChI=1S/C20H43NO4/c1-18(13-16-22)24-20(25-19(2)14-17-23)12-10-8-6-4-3-5-7-9-11-15-21/h18-20,22-23H,3-17,21H2,1-2H3. The van der Waals surface area contributed by atoms with Crippen molar-refractivity contribution in [3.05, 3.63) is 0 Å². The van der Waals surface area contributed by atoms with Crippen LogP contribution in [0.2, 0.25) is 0 Å². The van der Waals surface area contributed by atoms with Gasteiger partial charge in [0.05, 0.1) is 12.2 Å².